The van der Waals surface area contributed by atoms with Crippen LogP contribution in [0.15, 0.2) is 23.1 Å². The lowest BCUT2D eigenvalue weighted by Crippen LogP contribution is -2.42. The summed E-state index contributed by atoms with van der Waals surface area (Å²) in [6.07, 6.45) is 1.64. The van der Waals surface area contributed by atoms with Gasteiger partial charge in [-0.25, -0.2) is 8.42 Å². The molecule has 1 N–H and O–H groups in total. The molecule has 1 aromatic carbocycles. The molecule has 0 aromatic heterocycles. The van der Waals surface area contributed by atoms with E-state index in [0.717, 1.165) is 19.4 Å². The first kappa shape index (κ1) is 15.6. The van der Waals surface area contributed by atoms with Gasteiger partial charge < -0.3 is 14.8 Å². The zero-order valence-electron chi connectivity index (χ0n) is 12.7. The van der Waals surface area contributed by atoms with Gasteiger partial charge in [-0.2, -0.15) is 4.31 Å². The van der Waals surface area contributed by atoms with Crippen LogP contribution in [-0.2, 0) is 10.0 Å². The molecular weight excluding hydrogens is 304 g/mol. The smallest absolute Gasteiger partial charge is 0.243 e. The third-order valence-corrected chi connectivity index (χ3v) is 5.95. The highest BCUT2D eigenvalue weighted by Crippen LogP contribution is 2.33. The quantitative estimate of drug-likeness (QED) is 0.881. The molecule has 122 valence electrons. The first-order chi connectivity index (χ1) is 10.6. The Labute approximate surface area is 131 Å². The molecule has 1 atom stereocenters. The molecule has 2 heterocycles. The SMILES string of the molecule is CCCN(C1CCNC1)S(=O)(=O)c1ccc2c(c1)OCCO2. The van der Waals surface area contributed by atoms with Crippen LogP contribution >= 0.6 is 0 Å². The summed E-state index contributed by atoms with van der Waals surface area (Å²) >= 11 is 0. The van der Waals surface area contributed by atoms with E-state index in [9.17, 15) is 8.42 Å². The molecule has 0 spiro atoms. The Balaban J connectivity index is 1.92. The minimum Gasteiger partial charge on any atom is -0.486 e. The van der Waals surface area contributed by atoms with Crippen LogP contribution in [0.4, 0.5) is 0 Å². The normalized spacial score (nSPS) is 21.3. The van der Waals surface area contributed by atoms with E-state index in [1.165, 1.54) is 0 Å². The first-order valence-electron chi connectivity index (χ1n) is 7.75. The van der Waals surface area contributed by atoms with Crippen molar-refractivity contribution in [3.8, 4) is 11.5 Å². The summed E-state index contributed by atoms with van der Waals surface area (Å²) in [7, 11) is -3.52. The fourth-order valence-corrected chi connectivity index (χ4v) is 4.69. The lowest BCUT2D eigenvalue weighted by atomic mass is 10.2. The second-order valence-electron chi connectivity index (χ2n) is 5.57. The Kier molecular flexibility index (Phi) is 4.56. The highest BCUT2D eigenvalue weighted by Gasteiger charge is 2.33. The van der Waals surface area contributed by atoms with Crippen LogP contribution in [0.2, 0.25) is 0 Å². The predicted molar refractivity (Wildman–Crippen MR) is 82.9 cm³/mol. The summed E-state index contributed by atoms with van der Waals surface area (Å²) in [6.45, 7) is 5.04. The van der Waals surface area contributed by atoms with Crippen molar-refractivity contribution >= 4 is 10.0 Å². The highest BCUT2D eigenvalue weighted by atomic mass is 32.2. The molecule has 7 heteroatoms. The average Bonchev–Trinajstić information content (AvgIpc) is 3.06. The van der Waals surface area contributed by atoms with Gasteiger partial charge in [0.2, 0.25) is 10.0 Å². The lowest BCUT2D eigenvalue weighted by Gasteiger charge is -2.28. The minimum atomic E-state index is -3.52. The zero-order valence-corrected chi connectivity index (χ0v) is 13.6. The molecule has 6 nitrogen and oxygen atoms in total. The van der Waals surface area contributed by atoms with Gasteiger partial charge >= 0.3 is 0 Å². The predicted octanol–water partition coefficient (Wildman–Crippen LogP) is 1.22. The van der Waals surface area contributed by atoms with Crippen LogP contribution in [0.3, 0.4) is 0 Å². The Bertz CT molecular complexity index is 626. The molecule has 1 fully saturated rings. The van der Waals surface area contributed by atoms with Crippen LogP contribution in [0.5, 0.6) is 11.5 Å². The molecule has 0 amide bonds. The maximum absolute atomic E-state index is 13.0. The first-order valence-corrected chi connectivity index (χ1v) is 9.19. The lowest BCUT2D eigenvalue weighted by molar-refractivity contribution is 0.171. The maximum atomic E-state index is 13.0. The molecule has 22 heavy (non-hydrogen) atoms. The molecule has 1 unspecified atom stereocenters. The van der Waals surface area contributed by atoms with E-state index >= 15 is 0 Å². The number of nitrogens with one attached hydrogen (secondary N) is 1. The Morgan fingerprint density at radius 2 is 2.05 bits per heavy atom. The number of sulfonamides is 1. The van der Waals surface area contributed by atoms with Crippen molar-refractivity contribution in [2.24, 2.45) is 0 Å². The van der Waals surface area contributed by atoms with Crippen LogP contribution < -0.4 is 14.8 Å². The van der Waals surface area contributed by atoms with Gasteiger partial charge in [-0.3, -0.25) is 0 Å². The van der Waals surface area contributed by atoms with Crippen LogP contribution in [0.25, 0.3) is 0 Å². The van der Waals surface area contributed by atoms with E-state index in [4.69, 9.17) is 9.47 Å². The Hall–Kier alpha value is -1.31. The van der Waals surface area contributed by atoms with Crippen molar-refractivity contribution in [3.63, 3.8) is 0 Å². The van der Waals surface area contributed by atoms with Crippen LogP contribution in [0.1, 0.15) is 19.8 Å². The van der Waals surface area contributed by atoms with E-state index in [2.05, 4.69) is 5.32 Å². The molecule has 1 aromatic rings. The van der Waals surface area contributed by atoms with E-state index in [-0.39, 0.29) is 10.9 Å². The van der Waals surface area contributed by atoms with Crippen molar-refractivity contribution in [1.82, 2.24) is 9.62 Å². The van der Waals surface area contributed by atoms with Gasteiger partial charge in [0.05, 0.1) is 4.90 Å². The van der Waals surface area contributed by atoms with Gasteiger partial charge in [0.15, 0.2) is 11.5 Å². The molecule has 3 rings (SSSR count). The molecule has 0 saturated carbocycles. The number of hydrogen-bond donors (Lipinski definition) is 1. The Morgan fingerprint density at radius 1 is 1.27 bits per heavy atom. The van der Waals surface area contributed by atoms with E-state index < -0.39 is 10.0 Å². The number of hydrogen-bond acceptors (Lipinski definition) is 5. The average molecular weight is 326 g/mol. The molecule has 0 bridgehead atoms. The number of rotatable bonds is 5. The van der Waals surface area contributed by atoms with E-state index in [0.29, 0.717) is 37.8 Å². The molecule has 0 aliphatic carbocycles. The van der Waals surface area contributed by atoms with Crippen LogP contribution in [-0.4, -0.2) is 51.6 Å². The highest BCUT2D eigenvalue weighted by molar-refractivity contribution is 7.89. The monoisotopic (exact) mass is 326 g/mol. The standard InChI is InChI=1S/C15H22N2O4S/c1-2-7-17(12-5-6-16-11-12)22(18,19)13-3-4-14-15(10-13)21-9-8-20-14/h3-4,10,12,16H,2,5-9,11H2,1H3. The van der Waals surface area contributed by atoms with Crippen molar-refractivity contribution in [2.75, 3.05) is 32.8 Å². The molecule has 2 aliphatic heterocycles. The summed E-state index contributed by atoms with van der Waals surface area (Å²) < 4.78 is 38.6. The summed E-state index contributed by atoms with van der Waals surface area (Å²) in [4.78, 5) is 0.275. The number of nitrogens with zero attached hydrogens (tertiary/aromatic N) is 1. The number of benzene rings is 1. The fourth-order valence-electron chi connectivity index (χ4n) is 2.92. The summed E-state index contributed by atoms with van der Waals surface area (Å²) in [5.41, 5.74) is 0. The zero-order chi connectivity index (χ0) is 15.6. The second-order valence-corrected chi connectivity index (χ2v) is 7.46. The summed E-state index contributed by atoms with van der Waals surface area (Å²) in [6, 6.07) is 4.89. The Morgan fingerprint density at radius 3 is 2.73 bits per heavy atom. The topological polar surface area (TPSA) is 67.9 Å². The summed E-state index contributed by atoms with van der Waals surface area (Å²) in [5, 5.41) is 3.23. The van der Waals surface area contributed by atoms with Crippen LogP contribution in [0, 0.1) is 0 Å². The molecular formula is C15H22N2O4S. The van der Waals surface area contributed by atoms with Gasteiger partial charge in [-0.05, 0) is 31.5 Å². The van der Waals surface area contributed by atoms with E-state index in [1.807, 2.05) is 6.92 Å². The number of fused-ring (bicyclic) bond motifs is 1. The van der Waals surface area contributed by atoms with Gasteiger partial charge in [0.25, 0.3) is 0 Å². The van der Waals surface area contributed by atoms with Crippen molar-refractivity contribution in [1.29, 1.82) is 0 Å². The third kappa shape index (κ3) is 2.93. The molecule has 2 aliphatic rings. The molecule has 0 radical (unpaired) electrons. The summed E-state index contributed by atoms with van der Waals surface area (Å²) in [5.74, 6) is 1.11. The van der Waals surface area contributed by atoms with E-state index in [1.54, 1.807) is 22.5 Å². The third-order valence-electron chi connectivity index (χ3n) is 4.01. The van der Waals surface area contributed by atoms with Crippen molar-refractivity contribution in [3.05, 3.63) is 18.2 Å². The minimum absolute atomic E-state index is 0.0261. The van der Waals surface area contributed by atoms with Gasteiger partial charge in [-0.15, -0.1) is 0 Å². The molecule has 1 saturated heterocycles. The second kappa shape index (κ2) is 6.44. The van der Waals surface area contributed by atoms with Gasteiger partial charge in [0, 0.05) is 25.2 Å². The fraction of sp³-hybridized carbons (Fsp3) is 0.600. The van der Waals surface area contributed by atoms with Crippen molar-refractivity contribution in [2.45, 2.75) is 30.7 Å². The van der Waals surface area contributed by atoms with Gasteiger partial charge in [-0.1, -0.05) is 6.92 Å². The van der Waals surface area contributed by atoms with Gasteiger partial charge in [0.1, 0.15) is 13.2 Å². The maximum Gasteiger partial charge on any atom is 0.243 e. The van der Waals surface area contributed by atoms with Crippen molar-refractivity contribution < 1.29 is 17.9 Å². The number of ether oxygens (including phenoxy) is 2. The largest absolute Gasteiger partial charge is 0.486 e.